The minimum Gasteiger partial charge on any atom is -0.494 e. The molecule has 0 radical (unpaired) electrons. The molecule has 0 atom stereocenters. The van der Waals surface area contributed by atoms with Gasteiger partial charge in [-0.2, -0.15) is 5.10 Å². The number of rotatable bonds is 5. The van der Waals surface area contributed by atoms with Crippen molar-refractivity contribution in [1.29, 1.82) is 0 Å². The van der Waals surface area contributed by atoms with Crippen LogP contribution in [-0.2, 0) is 6.54 Å². The van der Waals surface area contributed by atoms with Crippen LogP contribution in [0.25, 0.3) is 0 Å². The maximum Gasteiger partial charge on any atom is 0.212 e. The number of hydrogen-bond acceptors (Lipinski definition) is 3. The van der Waals surface area contributed by atoms with Crippen LogP contribution in [0, 0.1) is 0 Å². The van der Waals surface area contributed by atoms with Crippen LogP contribution < -0.4 is 4.74 Å². The highest BCUT2D eigenvalue weighted by molar-refractivity contribution is 6.34. The molecule has 0 aliphatic rings. The molecule has 0 bridgehead atoms. The van der Waals surface area contributed by atoms with Gasteiger partial charge in [0.05, 0.1) is 17.8 Å². The van der Waals surface area contributed by atoms with Crippen molar-refractivity contribution in [2.45, 2.75) is 20.4 Å². The van der Waals surface area contributed by atoms with Gasteiger partial charge in [-0.15, -0.1) is 0 Å². The third-order valence-corrected chi connectivity index (χ3v) is 2.99. The minimum absolute atomic E-state index is 0.147. The fraction of sp³-hybridized carbons (Fsp3) is 0.286. The lowest BCUT2D eigenvalue weighted by molar-refractivity contribution is 0.102. The Bertz CT molecular complexity index is 593. The molecule has 0 fully saturated rings. The molecule has 0 saturated carbocycles. The van der Waals surface area contributed by atoms with Gasteiger partial charge in [0, 0.05) is 12.1 Å². The van der Waals surface area contributed by atoms with E-state index in [-0.39, 0.29) is 5.78 Å². The van der Waals surface area contributed by atoms with Crippen molar-refractivity contribution >= 4 is 17.4 Å². The molecule has 1 aromatic carbocycles. The van der Waals surface area contributed by atoms with Crippen LogP contribution in [0.3, 0.4) is 0 Å². The summed E-state index contributed by atoms with van der Waals surface area (Å²) < 4.78 is 6.99. The van der Waals surface area contributed by atoms with Gasteiger partial charge in [0.25, 0.3) is 0 Å². The quantitative estimate of drug-likeness (QED) is 0.789. The Balaban J connectivity index is 2.38. The Morgan fingerprint density at radius 3 is 2.89 bits per heavy atom. The molecule has 2 rings (SSSR count). The normalized spacial score (nSPS) is 10.5. The average Bonchev–Trinajstić information content (AvgIpc) is 2.80. The van der Waals surface area contributed by atoms with Crippen LogP contribution in [0.5, 0.6) is 5.75 Å². The Morgan fingerprint density at radius 2 is 2.21 bits per heavy atom. The summed E-state index contributed by atoms with van der Waals surface area (Å²) in [6.45, 7) is 4.97. The summed E-state index contributed by atoms with van der Waals surface area (Å²) in [5.41, 5.74) is 0.959. The van der Waals surface area contributed by atoms with Crippen LogP contribution in [0.15, 0.2) is 30.5 Å². The fourth-order valence-corrected chi connectivity index (χ4v) is 2.09. The second kappa shape index (κ2) is 5.89. The van der Waals surface area contributed by atoms with E-state index in [2.05, 4.69) is 5.10 Å². The van der Waals surface area contributed by atoms with Gasteiger partial charge in [-0.25, -0.2) is 0 Å². The van der Waals surface area contributed by atoms with E-state index in [1.165, 1.54) is 6.20 Å². The smallest absolute Gasteiger partial charge is 0.212 e. The van der Waals surface area contributed by atoms with Crippen molar-refractivity contribution in [2.24, 2.45) is 0 Å². The van der Waals surface area contributed by atoms with E-state index in [0.717, 1.165) is 0 Å². The van der Waals surface area contributed by atoms with Gasteiger partial charge < -0.3 is 4.74 Å². The van der Waals surface area contributed by atoms with Crippen molar-refractivity contribution in [1.82, 2.24) is 9.78 Å². The Labute approximate surface area is 116 Å². The topological polar surface area (TPSA) is 44.1 Å². The number of nitrogens with zero attached hydrogens (tertiary/aromatic N) is 2. The first-order valence-corrected chi connectivity index (χ1v) is 6.54. The lowest BCUT2D eigenvalue weighted by Crippen LogP contribution is -2.11. The SMILES string of the molecule is CCOc1cccc(C(=O)c2c(Cl)cnn2CC)c1. The van der Waals surface area contributed by atoms with E-state index < -0.39 is 0 Å². The highest BCUT2D eigenvalue weighted by Crippen LogP contribution is 2.21. The van der Waals surface area contributed by atoms with Crippen LogP contribution in [0.4, 0.5) is 0 Å². The molecule has 0 amide bonds. The maximum atomic E-state index is 12.5. The summed E-state index contributed by atoms with van der Waals surface area (Å²) in [7, 11) is 0. The van der Waals surface area contributed by atoms with Gasteiger partial charge in [-0.3, -0.25) is 9.48 Å². The maximum absolute atomic E-state index is 12.5. The molecule has 0 spiro atoms. The first-order chi connectivity index (χ1) is 9.17. The van der Waals surface area contributed by atoms with Crippen molar-refractivity contribution in [3.63, 3.8) is 0 Å². The Morgan fingerprint density at radius 1 is 1.42 bits per heavy atom. The van der Waals surface area contributed by atoms with E-state index in [0.29, 0.717) is 35.2 Å². The third-order valence-electron chi connectivity index (χ3n) is 2.72. The van der Waals surface area contributed by atoms with Crippen LogP contribution in [-0.4, -0.2) is 22.2 Å². The molecular formula is C14H15ClN2O2. The minimum atomic E-state index is -0.147. The van der Waals surface area contributed by atoms with Gasteiger partial charge in [0.2, 0.25) is 5.78 Å². The number of hydrogen-bond donors (Lipinski definition) is 0. The molecule has 0 N–H and O–H groups in total. The first-order valence-electron chi connectivity index (χ1n) is 6.16. The van der Waals surface area contributed by atoms with E-state index in [9.17, 15) is 4.79 Å². The third kappa shape index (κ3) is 2.79. The van der Waals surface area contributed by atoms with Crippen molar-refractivity contribution < 1.29 is 9.53 Å². The molecule has 5 heteroatoms. The molecule has 0 saturated heterocycles. The molecule has 0 unspecified atom stereocenters. The largest absolute Gasteiger partial charge is 0.494 e. The molecule has 19 heavy (non-hydrogen) atoms. The molecular weight excluding hydrogens is 264 g/mol. The first kappa shape index (κ1) is 13.6. The summed E-state index contributed by atoms with van der Waals surface area (Å²) in [6.07, 6.45) is 1.49. The molecule has 0 aliphatic carbocycles. The number of carbonyl (C=O) groups excluding carboxylic acids is 1. The van der Waals surface area contributed by atoms with Gasteiger partial charge in [-0.05, 0) is 26.0 Å². The van der Waals surface area contributed by atoms with Gasteiger partial charge >= 0.3 is 0 Å². The molecule has 4 nitrogen and oxygen atoms in total. The number of ether oxygens (including phenoxy) is 1. The van der Waals surface area contributed by atoms with Gasteiger partial charge in [-0.1, -0.05) is 23.7 Å². The molecule has 100 valence electrons. The lowest BCUT2D eigenvalue weighted by Gasteiger charge is -2.07. The molecule has 1 heterocycles. The van der Waals surface area contributed by atoms with Crippen LogP contribution in [0.1, 0.15) is 29.9 Å². The van der Waals surface area contributed by atoms with Crippen LogP contribution in [0.2, 0.25) is 5.02 Å². The summed E-state index contributed by atoms with van der Waals surface area (Å²) in [4.78, 5) is 12.5. The highest BCUT2D eigenvalue weighted by Gasteiger charge is 2.18. The fourth-order valence-electron chi connectivity index (χ4n) is 1.86. The predicted octanol–water partition coefficient (Wildman–Crippen LogP) is 3.19. The molecule has 1 aromatic heterocycles. The van der Waals surface area contributed by atoms with E-state index in [4.69, 9.17) is 16.3 Å². The number of carbonyl (C=O) groups is 1. The van der Waals surface area contributed by atoms with Gasteiger partial charge in [0.1, 0.15) is 11.4 Å². The second-order valence-electron chi connectivity index (χ2n) is 3.95. The van der Waals surface area contributed by atoms with E-state index >= 15 is 0 Å². The number of halogens is 1. The second-order valence-corrected chi connectivity index (χ2v) is 4.35. The summed E-state index contributed by atoms with van der Waals surface area (Å²) in [6, 6.07) is 7.07. The van der Waals surface area contributed by atoms with E-state index in [1.54, 1.807) is 22.9 Å². The van der Waals surface area contributed by atoms with Crippen molar-refractivity contribution in [3.05, 3.63) is 46.7 Å². The average molecular weight is 279 g/mol. The van der Waals surface area contributed by atoms with Crippen molar-refractivity contribution in [2.75, 3.05) is 6.61 Å². The standard InChI is InChI=1S/C14H15ClN2O2/c1-3-17-13(12(15)9-16-17)14(18)10-6-5-7-11(8-10)19-4-2/h5-9H,3-4H2,1-2H3. The number of aromatic nitrogens is 2. The molecule has 2 aromatic rings. The lowest BCUT2D eigenvalue weighted by atomic mass is 10.1. The highest BCUT2D eigenvalue weighted by atomic mass is 35.5. The zero-order valence-corrected chi connectivity index (χ0v) is 11.6. The number of ketones is 1. The molecule has 0 aliphatic heterocycles. The number of aryl methyl sites for hydroxylation is 1. The summed E-state index contributed by atoms with van der Waals surface area (Å²) in [5, 5.41) is 4.44. The number of benzene rings is 1. The zero-order valence-electron chi connectivity index (χ0n) is 10.9. The Kier molecular flexibility index (Phi) is 4.22. The van der Waals surface area contributed by atoms with E-state index in [1.807, 2.05) is 19.9 Å². The van der Waals surface area contributed by atoms with Crippen LogP contribution >= 0.6 is 11.6 Å². The van der Waals surface area contributed by atoms with Crippen molar-refractivity contribution in [3.8, 4) is 5.75 Å². The summed E-state index contributed by atoms with van der Waals surface area (Å²) >= 11 is 6.03. The van der Waals surface area contributed by atoms with Gasteiger partial charge in [0.15, 0.2) is 0 Å². The summed E-state index contributed by atoms with van der Waals surface area (Å²) in [5.74, 6) is 0.526. The monoisotopic (exact) mass is 278 g/mol. The Hall–Kier alpha value is -1.81. The zero-order chi connectivity index (χ0) is 13.8. The predicted molar refractivity (Wildman–Crippen MR) is 74.0 cm³/mol.